The van der Waals surface area contributed by atoms with E-state index in [1.807, 2.05) is 48.5 Å². The van der Waals surface area contributed by atoms with Crippen LogP contribution in [0.15, 0.2) is 77.2 Å². The lowest BCUT2D eigenvalue weighted by molar-refractivity contribution is 0.0435. The molecule has 146 valence electrons. The molecule has 0 amide bonds. The molecule has 0 fully saturated rings. The number of fused-ring (bicyclic) bond motifs is 1. The van der Waals surface area contributed by atoms with E-state index in [-0.39, 0.29) is 19.0 Å². The molecule has 0 saturated heterocycles. The second-order valence-electron chi connectivity index (χ2n) is 6.28. The number of hydrogen-bond donors (Lipinski definition) is 0. The molecule has 0 spiro atoms. The number of benzene rings is 3. The van der Waals surface area contributed by atoms with Gasteiger partial charge in [0.05, 0.1) is 5.56 Å². The van der Waals surface area contributed by atoms with Crippen molar-refractivity contribution < 1.29 is 18.7 Å². The zero-order valence-corrected chi connectivity index (χ0v) is 16.7. The molecule has 4 rings (SSSR count). The molecule has 29 heavy (non-hydrogen) atoms. The third-order valence-electron chi connectivity index (χ3n) is 4.42. The quantitative estimate of drug-likeness (QED) is 0.322. The summed E-state index contributed by atoms with van der Waals surface area (Å²) >= 11 is 12.3. The molecule has 0 aliphatic carbocycles. The first-order valence-electron chi connectivity index (χ1n) is 8.92. The number of carbonyl (C=O) groups is 1. The van der Waals surface area contributed by atoms with Crippen molar-refractivity contribution in [2.24, 2.45) is 0 Å². The molecule has 0 N–H and O–H groups in total. The van der Waals surface area contributed by atoms with E-state index in [0.29, 0.717) is 32.5 Å². The number of furan rings is 1. The molecule has 1 aromatic heterocycles. The lowest BCUT2D eigenvalue weighted by Crippen LogP contribution is -2.09. The zero-order valence-electron chi connectivity index (χ0n) is 15.2. The molecule has 0 aliphatic rings. The van der Waals surface area contributed by atoms with E-state index in [2.05, 4.69) is 0 Å². The van der Waals surface area contributed by atoms with Gasteiger partial charge in [-0.15, -0.1) is 0 Å². The van der Waals surface area contributed by atoms with Crippen LogP contribution in [-0.2, 0) is 18.0 Å². The fourth-order valence-electron chi connectivity index (χ4n) is 2.95. The first-order chi connectivity index (χ1) is 14.1. The van der Waals surface area contributed by atoms with Crippen LogP contribution in [0.3, 0.4) is 0 Å². The third-order valence-corrected chi connectivity index (χ3v) is 5.13. The van der Waals surface area contributed by atoms with Crippen molar-refractivity contribution in [2.75, 3.05) is 0 Å². The van der Waals surface area contributed by atoms with Gasteiger partial charge in [0.25, 0.3) is 0 Å². The lowest BCUT2D eigenvalue weighted by Gasteiger charge is -2.09. The third kappa shape index (κ3) is 4.24. The minimum Gasteiger partial charge on any atom is -0.489 e. The van der Waals surface area contributed by atoms with Gasteiger partial charge in [-0.05, 0) is 30.3 Å². The molecule has 0 bridgehead atoms. The number of rotatable bonds is 6. The van der Waals surface area contributed by atoms with Crippen LogP contribution in [0.4, 0.5) is 0 Å². The van der Waals surface area contributed by atoms with E-state index in [9.17, 15) is 4.79 Å². The maximum Gasteiger partial charge on any atom is 0.375 e. The van der Waals surface area contributed by atoms with Crippen LogP contribution in [0.2, 0.25) is 10.0 Å². The first kappa shape index (κ1) is 19.4. The predicted octanol–water partition coefficient (Wildman–Crippen LogP) is 6.68. The number of esters is 1. The second kappa shape index (κ2) is 8.60. The number of carbonyl (C=O) groups excluding carboxylic acids is 1. The van der Waals surface area contributed by atoms with E-state index in [0.717, 1.165) is 5.39 Å². The number of halogens is 2. The molecule has 0 saturated carbocycles. The maximum absolute atomic E-state index is 12.8. The Morgan fingerprint density at radius 2 is 1.48 bits per heavy atom. The largest absolute Gasteiger partial charge is 0.489 e. The van der Waals surface area contributed by atoms with Gasteiger partial charge in [0.15, 0.2) is 0 Å². The van der Waals surface area contributed by atoms with Gasteiger partial charge in [-0.3, -0.25) is 0 Å². The highest BCUT2D eigenvalue weighted by molar-refractivity contribution is 6.35. The summed E-state index contributed by atoms with van der Waals surface area (Å²) in [5.41, 5.74) is 1.75. The van der Waals surface area contributed by atoms with Crippen LogP contribution in [0.25, 0.3) is 11.0 Å². The molecule has 0 aliphatic heterocycles. The van der Waals surface area contributed by atoms with Crippen LogP contribution in [0.5, 0.6) is 5.75 Å². The average Bonchev–Trinajstić information content (AvgIpc) is 3.11. The Hall–Kier alpha value is -2.95. The van der Waals surface area contributed by atoms with Gasteiger partial charge < -0.3 is 13.9 Å². The standard InChI is InChI=1S/C23H16Cl2O4/c24-19-10-6-11-20(25)18(19)14-28-23(26)22-17(13-27-15-7-2-1-3-8-15)16-9-4-5-12-21(16)29-22/h1-12H,13-14H2. The molecule has 4 aromatic rings. The Morgan fingerprint density at radius 1 is 0.793 bits per heavy atom. The summed E-state index contributed by atoms with van der Waals surface area (Å²) < 4.78 is 17.1. The fourth-order valence-corrected chi connectivity index (χ4v) is 3.46. The Balaban J connectivity index is 1.59. The average molecular weight is 427 g/mol. The monoisotopic (exact) mass is 426 g/mol. The molecule has 6 heteroatoms. The number of ether oxygens (including phenoxy) is 2. The number of hydrogen-bond acceptors (Lipinski definition) is 4. The van der Waals surface area contributed by atoms with Crippen LogP contribution < -0.4 is 4.74 Å². The summed E-state index contributed by atoms with van der Waals surface area (Å²) in [6, 6.07) is 21.9. The smallest absolute Gasteiger partial charge is 0.375 e. The van der Waals surface area contributed by atoms with Crippen molar-refractivity contribution in [1.82, 2.24) is 0 Å². The molecule has 3 aromatic carbocycles. The van der Waals surface area contributed by atoms with Gasteiger partial charge in [0.1, 0.15) is 24.5 Å². The number of para-hydroxylation sites is 2. The van der Waals surface area contributed by atoms with Gasteiger partial charge in [-0.1, -0.05) is 65.7 Å². The molecule has 0 atom stereocenters. The van der Waals surface area contributed by atoms with Crippen LogP contribution >= 0.6 is 23.2 Å². The summed E-state index contributed by atoms with van der Waals surface area (Å²) in [5.74, 6) is 0.189. The van der Waals surface area contributed by atoms with Crippen molar-refractivity contribution in [1.29, 1.82) is 0 Å². The SMILES string of the molecule is O=C(OCc1c(Cl)cccc1Cl)c1oc2ccccc2c1COc1ccccc1. The van der Waals surface area contributed by atoms with Crippen molar-refractivity contribution >= 4 is 40.1 Å². The topological polar surface area (TPSA) is 48.7 Å². The fraction of sp³-hybridized carbons (Fsp3) is 0.0870. The maximum atomic E-state index is 12.8. The van der Waals surface area contributed by atoms with Crippen LogP contribution in [0.1, 0.15) is 21.7 Å². The summed E-state index contributed by atoms with van der Waals surface area (Å²) in [7, 11) is 0. The van der Waals surface area contributed by atoms with Crippen LogP contribution in [-0.4, -0.2) is 5.97 Å². The molecule has 0 unspecified atom stereocenters. The highest BCUT2D eigenvalue weighted by Gasteiger charge is 2.23. The normalized spacial score (nSPS) is 10.8. The molecular formula is C23H16Cl2O4. The Kier molecular flexibility index (Phi) is 5.74. The van der Waals surface area contributed by atoms with E-state index in [1.165, 1.54) is 0 Å². The van der Waals surface area contributed by atoms with Crippen molar-refractivity contribution in [3.63, 3.8) is 0 Å². The first-order valence-corrected chi connectivity index (χ1v) is 9.67. The van der Waals surface area contributed by atoms with Crippen molar-refractivity contribution in [3.05, 3.63) is 99.7 Å². The predicted molar refractivity (Wildman–Crippen MR) is 113 cm³/mol. The molecule has 4 nitrogen and oxygen atoms in total. The van der Waals surface area contributed by atoms with Gasteiger partial charge in [-0.2, -0.15) is 0 Å². The lowest BCUT2D eigenvalue weighted by atomic mass is 10.1. The van der Waals surface area contributed by atoms with Crippen molar-refractivity contribution in [2.45, 2.75) is 13.2 Å². The van der Waals surface area contributed by atoms with Crippen molar-refractivity contribution in [3.8, 4) is 5.75 Å². The zero-order chi connectivity index (χ0) is 20.2. The summed E-state index contributed by atoms with van der Waals surface area (Å²) in [6.45, 7) is 0.103. The second-order valence-corrected chi connectivity index (χ2v) is 7.10. The molecule has 0 radical (unpaired) electrons. The summed E-state index contributed by atoms with van der Waals surface area (Å²) in [5, 5.41) is 1.66. The van der Waals surface area contributed by atoms with E-state index in [4.69, 9.17) is 37.1 Å². The van der Waals surface area contributed by atoms with E-state index in [1.54, 1.807) is 24.3 Å². The van der Waals surface area contributed by atoms with E-state index < -0.39 is 5.97 Å². The van der Waals surface area contributed by atoms with Gasteiger partial charge in [0, 0.05) is 21.0 Å². The Morgan fingerprint density at radius 3 is 2.24 bits per heavy atom. The minimum absolute atomic E-state index is 0.0621. The Bertz CT molecular complexity index is 1130. The summed E-state index contributed by atoms with van der Waals surface area (Å²) in [6.07, 6.45) is 0. The van der Waals surface area contributed by atoms with Gasteiger partial charge in [0.2, 0.25) is 5.76 Å². The Labute approximate surface area is 177 Å². The van der Waals surface area contributed by atoms with E-state index >= 15 is 0 Å². The highest BCUT2D eigenvalue weighted by Crippen LogP contribution is 2.29. The minimum atomic E-state index is -0.608. The molecular weight excluding hydrogens is 411 g/mol. The van der Waals surface area contributed by atoms with Crippen LogP contribution in [0, 0.1) is 0 Å². The van der Waals surface area contributed by atoms with Gasteiger partial charge in [-0.25, -0.2) is 4.79 Å². The van der Waals surface area contributed by atoms with Gasteiger partial charge >= 0.3 is 5.97 Å². The highest BCUT2D eigenvalue weighted by atomic mass is 35.5. The summed E-state index contributed by atoms with van der Waals surface area (Å²) in [4.78, 5) is 12.8. The molecule has 1 heterocycles.